The van der Waals surface area contributed by atoms with Crippen molar-refractivity contribution in [3.63, 3.8) is 0 Å². The lowest BCUT2D eigenvalue weighted by atomic mass is 10.1. The Bertz CT molecular complexity index is 961. The quantitative estimate of drug-likeness (QED) is 0.638. The first-order valence-corrected chi connectivity index (χ1v) is 9.29. The van der Waals surface area contributed by atoms with E-state index in [4.69, 9.17) is 18.6 Å². The largest absolute Gasteiger partial charge is 0.462 e. The minimum atomic E-state index is -0.313. The Kier molecular flexibility index (Phi) is 5.30. The van der Waals surface area contributed by atoms with Gasteiger partial charge < -0.3 is 23.9 Å². The molecule has 6 nitrogen and oxygen atoms in total. The predicted molar refractivity (Wildman–Crippen MR) is 102 cm³/mol. The van der Waals surface area contributed by atoms with E-state index in [0.29, 0.717) is 19.0 Å². The summed E-state index contributed by atoms with van der Waals surface area (Å²) in [5.41, 5.74) is 2.63. The maximum atomic E-state index is 11.7. The number of carbonyl (C=O) groups excluding carboxylic acids is 1. The van der Waals surface area contributed by atoms with Crippen LogP contribution in [0.15, 0.2) is 59.0 Å². The molecule has 0 unspecified atom stereocenters. The third-order valence-electron chi connectivity index (χ3n) is 4.50. The molecule has 0 saturated heterocycles. The van der Waals surface area contributed by atoms with E-state index in [1.807, 2.05) is 42.5 Å². The van der Waals surface area contributed by atoms with Crippen molar-refractivity contribution < 1.29 is 28.7 Å². The number of hydrogen-bond donors (Lipinski definition) is 1. The van der Waals surface area contributed by atoms with Crippen LogP contribution in [-0.4, -0.2) is 19.4 Å². The summed E-state index contributed by atoms with van der Waals surface area (Å²) in [6.07, 6.45) is 0. The molecule has 28 heavy (non-hydrogen) atoms. The van der Waals surface area contributed by atoms with Gasteiger partial charge in [-0.15, -0.1) is 0 Å². The van der Waals surface area contributed by atoms with Gasteiger partial charge in [-0.3, -0.25) is 0 Å². The molecule has 2 N–H and O–H groups in total. The lowest BCUT2D eigenvalue weighted by molar-refractivity contribution is -0.687. The van der Waals surface area contributed by atoms with Crippen LogP contribution in [0.5, 0.6) is 11.5 Å². The van der Waals surface area contributed by atoms with Crippen molar-refractivity contribution in [3.05, 3.63) is 71.5 Å². The second-order valence-electron chi connectivity index (χ2n) is 6.45. The molecule has 0 radical (unpaired) electrons. The van der Waals surface area contributed by atoms with Gasteiger partial charge in [-0.2, -0.15) is 0 Å². The second-order valence-corrected chi connectivity index (χ2v) is 6.45. The first-order chi connectivity index (χ1) is 13.7. The summed E-state index contributed by atoms with van der Waals surface area (Å²) in [6.45, 7) is 4.00. The smallest absolute Gasteiger partial charge is 0.338 e. The summed E-state index contributed by atoms with van der Waals surface area (Å²) < 4.78 is 21.7. The van der Waals surface area contributed by atoms with Gasteiger partial charge in [0.15, 0.2) is 17.3 Å². The molecule has 0 amide bonds. The lowest BCUT2D eigenvalue weighted by Gasteiger charge is -2.03. The predicted octanol–water partition coefficient (Wildman–Crippen LogP) is 3.12. The number of carbonyl (C=O) groups is 1. The molecule has 4 rings (SSSR count). The molecule has 1 aliphatic heterocycles. The van der Waals surface area contributed by atoms with Gasteiger partial charge >= 0.3 is 5.97 Å². The minimum Gasteiger partial charge on any atom is -0.462 e. The van der Waals surface area contributed by atoms with Crippen molar-refractivity contribution in [1.82, 2.24) is 0 Å². The number of furan rings is 1. The van der Waals surface area contributed by atoms with Crippen LogP contribution >= 0.6 is 0 Å². The topological polar surface area (TPSA) is 74.5 Å². The Balaban J connectivity index is 1.33. The molecule has 0 atom stereocenters. The molecule has 0 fully saturated rings. The number of nitrogens with two attached hydrogens (primary N) is 1. The van der Waals surface area contributed by atoms with E-state index in [0.717, 1.165) is 41.7 Å². The molecule has 2 heterocycles. The standard InChI is InChI=1S/C22H21NO5/c1-2-25-22(24)17-6-4-16(5-7-17)19-10-8-18(28-19)13-23-12-15-3-9-20-21(11-15)27-14-26-20/h3-11,23H,2,12-14H2,1H3/p+1. The highest BCUT2D eigenvalue weighted by Crippen LogP contribution is 2.32. The highest BCUT2D eigenvalue weighted by Gasteiger charge is 2.14. The van der Waals surface area contributed by atoms with Crippen LogP contribution in [0.1, 0.15) is 28.6 Å². The molecule has 3 aromatic rings. The van der Waals surface area contributed by atoms with Crippen LogP contribution in [0.25, 0.3) is 11.3 Å². The molecule has 1 aromatic heterocycles. The number of quaternary nitrogens is 1. The van der Waals surface area contributed by atoms with E-state index in [1.165, 1.54) is 5.56 Å². The zero-order valence-corrected chi connectivity index (χ0v) is 15.6. The third-order valence-corrected chi connectivity index (χ3v) is 4.50. The van der Waals surface area contributed by atoms with Gasteiger partial charge in [0.2, 0.25) is 6.79 Å². The normalized spacial score (nSPS) is 12.2. The van der Waals surface area contributed by atoms with Gasteiger partial charge in [-0.1, -0.05) is 12.1 Å². The number of rotatable bonds is 7. The van der Waals surface area contributed by atoms with Gasteiger partial charge in [0, 0.05) is 11.1 Å². The summed E-state index contributed by atoms with van der Waals surface area (Å²) in [4.78, 5) is 11.7. The molecule has 2 aromatic carbocycles. The summed E-state index contributed by atoms with van der Waals surface area (Å²) in [7, 11) is 0. The van der Waals surface area contributed by atoms with Crippen molar-refractivity contribution in [3.8, 4) is 22.8 Å². The zero-order valence-electron chi connectivity index (χ0n) is 15.6. The van der Waals surface area contributed by atoms with Gasteiger partial charge in [0.05, 0.1) is 12.2 Å². The lowest BCUT2D eigenvalue weighted by Crippen LogP contribution is -2.80. The molecular formula is C22H22NO5+. The van der Waals surface area contributed by atoms with Crippen molar-refractivity contribution in [1.29, 1.82) is 0 Å². The Labute approximate surface area is 163 Å². The second kappa shape index (κ2) is 8.19. The van der Waals surface area contributed by atoms with E-state index in [2.05, 4.69) is 5.32 Å². The fourth-order valence-corrected chi connectivity index (χ4v) is 3.08. The number of benzene rings is 2. The molecular weight excluding hydrogens is 358 g/mol. The van der Waals surface area contributed by atoms with Gasteiger partial charge in [-0.05, 0) is 49.4 Å². The first kappa shape index (κ1) is 18.1. The maximum Gasteiger partial charge on any atom is 0.338 e. The molecule has 1 aliphatic rings. The van der Waals surface area contributed by atoms with Crippen molar-refractivity contribution in [2.45, 2.75) is 20.0 Å². The molecule has 0 spiro atoms. The van der Waals surface area contributed by atoms with Gasteiger partial charge in [0.25, 0.3) is 0 Å². The fraction of sp³-hybridized carbons (Fsp3) is 0.227. The van der Waals surface area contributed by atoms with E-state index in [9.17, 15) is 4.79 Å². The van der Waals surface area contributed by atoms with Crippen LogP contribution in [0, 0.1) is 0 Å². The van der Waals surface area contributed by atoms with Crippen molar-refractivity contribution in [2.75, 3.05) is 13.4 Å². The van der Waals surface area contributed by atoms with Crippen LogP contribution < -0.4 is 14.8 Å². The Morgan fingerprint density at radius 1 is 1.00 bits per heavy atom. The summed E-state index contributed by atoms with van der Waals surface area (Å²) >= 11 is 0. The van der Waals surface area contributed by atoms with Crippen LogP contribution in [0.2, 0.25) is 0 Å². The Morgan fingerprint density at radius 3 is 2.64 bits per heavy atom. The van der Waals surface area contributed by atoms with Gasteiger partial charge in [0.1, 0.15) is 18.8 Å². The highest BCUT2D eigenvalue weighted by atomic mass is 16.7. The molecule has 144 valence electrons. The van der Waals surface area contributed by atoms with Crippen molar-refractivity contribution in [2.24, 2.45) is 0 Å². The molecule has 0 bridgehead atoms. The van der Waals surface area contributed by atoms with Crippen LogP contribution in [0.3, 0.4) is 0 Å². The first-order valence-electron chi connectivity index (χ1n) is 9.29. The maximum absolute atomic E-state index is 11.7. The summed E-state index contributed by atoms with van der Waals surface area (Å²) in [6, 6.07) is 17.2. The number of hydrogen-bond acceptors (Lipinski definition) is 5. The number of fused-ring (bicyclic) bond motifs is 1. The highest BCUT2D eigenvalue weighted by molar-refractivity contribution is 5.89. The van der Waals surface area contributed by atoms with E-state index >= 15 is 0 Å². The zero-order chi connectivity index (χ0) is 19.3. The van der Waals surface area contributed by atoms with Gasteiger partial charge in [-0.25, -0.2) is 4.79 Å². The van der Waals surface area contributed by atoms with E-state index in [1.54, 1.807) is 19.1 Å². The molecule has 0 aliphatic carbocycles. The molecule has 6 heteroatoms. The molecule has 0 saturated carbocycles. The summed E-state index contributed by atoms with van der Waals surface area (Å²) in [5.74, 6) is 2.96. The monoisotopic (exact) mass is 380 g/mol. The Morgan fingerprint density at radius 2 is 1.82 bits per heavy atom. The van der Waals surface area contributed by atoms with Crippen LogP contribution in [-0.2, 0) is 17.8 Å². The number of esters is 1. The van der Waals surface area contributed by atoms with Crippen LogP contribution in [0.4, 0.5) is 0 Å². The van der Waals surface area contributed by atoms with E-state index in [-0.39, 0.29) is 5.97 Å². The number of ether oxygens (including phenoxy) is 3. The summed E-state index contributed by atoms with van der Waals surface area (Å²) in [5, 5.41) is 2.17. The average Bonchev–Trinajstić information content (AvgIpc) is 3.37. The SMILES string of the molecule is CCOC(=O)c1ccc(-c2ccc(C[NH2+]Cc3ccc4c(c3)OCO4)o2)cc1. The minimum absolute atomic E-state index is 0.290. The fourth-order valence-electron chi connectivity index (χ4n) is 3.08. The average molecular weight is 380 g/mol. The third kappa shape index (κ3) is 4.02. The van der Waals surface area contributed by atoms with Crippen molar-refractivity contribution >= 4 is 5.97 Å². The van der Waals surface area contributed by atoms with E-state index < -0.39 is 0 Å². The Hall–Kier alpha value is -3.25.